The molecule has 0 amide bonds. The van der Waals surface area contributed by atoms with E-state index in [4.69, 9.17) is 0 Å². The first kappa shape index (κ1) is 10.8. The maximum Gasteiger partial charge on any atom is 0.180 e. The number of nitrogens with zero attached hydrogens (tertiary/aromatic N) is 1. The van der Waals surface area contributed by atoms with Gasteiger partial charge in [0.1, 0.15) is 5.92 Å². The van der Waals surface area contributed by atoms with E-state index in [-0.39, 0.29) is 11.6 Å². The molecular formula is C15H11NO2. The summed E-state index contributed by atoms with van der Waals surface area (Å²) in [6.07, 6.45) is 1.68. The van der Waals surface area contributed by atoms with E-state index in [0.717, 1.165) is 5.56 Å². The van der Waals surface area contributed by atoms with Crippen LogP contribution in [0, 0.1) is 6.92 Å². The van der Waals surface area contributed by atoms with Gasteiger partial charge in [-0.25, -0.2) is 0 Å². The summed E-state index contributed by atoms with van der Waals surface area (Å²) in [4.78, 5) is 28.7. The van der Waals surface area contributed by atoms with Gasteiger partial charge in [0.25, 0.3) is 0 Å². The summed E-state index contributed by atoms with van der Waals surface area (Å²) in [7, 11) is 0. The van der Waals surface area contributed by atoms with Crippen molar-refractivity contribution >= 4 is 11.6 Å². The summed E-state index contributed by atoms with van der Waals surface area (Å²) >= 11 is 0. The zero-order valence-corrected chi connectivity index (χ0v) is 9.88. The lowest BCUT2D eigenvalue weighted by atomic mass is 9.99. The number of rotatable bonds is 1. The van der Waals surface area contributed by atoms with E-state index in [1.54, 1.807) is 36.5 Å². The van der Waals surface area contributed by atoms with Crippen LogP contribution in [0.15, 0.2) is 42.6 Å². The summed E-state index contributed by atoms with van der Waals surface area (Å²) in [5.41, 5.74) is 2.56. The van der Waals surface area contributed by atoms with Crippen molar-refractivity contribution in [3.8, 4) is 0 Å². The van der Waals surface area contributed by atoms with Crippen molar-refractivity contribution in [3.05, 3.63) is 65.0 Å². The molecule has 1 heterocycles. The predicted octanol–water partition coefficient (Wildman–Crippen LogP) is 2.55. The largest absolute Gasteiger partial charge is 0.293 e. The molecule has 0 spiro atoms. The first-order valence-electron chi connectivity index (χ1n) is 5.78. The third kappa shape index (κ3) is 1.48. The van der Waals surface area contributed by atoms with Gasteiger partial charge in [-0.1, -0.05) is 30.3 Å². The second-order valence-electron chi connectivity index (χ2n) is 4.47. The van der Waals surface area contributed by atoms with Crippen molar-refractivity contribution in [2.24, 2.45) is 0 Å². The molecule has 0 atom stereocenters. The van der Waals surface area contributed by atoms with Crippen molar-refractivity contribution < 1.29 is 9.59 Å². The lowest BCUT2D eigenvalue weighted by Gasteiger charge is -2.05. The molecule has 3 nitrogen and oxygen atoms in total. The molecule has 0 radical (unpaired) electrons. The zero-order chi connectivity index (χ0) is 12.7. The van der Waals surface area contributed by atoms with Crippen molar-refractivity contribution in [3.63, 3.8) is 0 Å². The van der Waals surface area contributed by atoms with Crippen molar-refractivity contribution in [1.82, 2.24) is 4.98 Å². The molecule has 0 saturated carbocycles. The smallest absolute Gasteiger partial charge is 0.180 e. The van der Waals surface area contributed by atoms with Crippen LogP contribution in [0.25, 0.3) is 0 Å². The molecule has 1 aromatic heterocycles. The van der Waals surface area contributed by atoms with Gasteiger partial charge in [0.2, 0.25) is 0 Å². The summed E-state index contributed by atoms with van der Waals surface area (Å²) < 4.78 is 0. The van der Waals surface area contributed by atoms with Crippen LogP contribution in [-0.4, -0.2) is 16.6 Å². The van der Waals surface area contributed by atoms with Gasteiger partial charge in [-0.15, -0.1) is 0 Å². The molecule has 1 aromatic carbocycles. The Hall–Kier alpha value is -2.29. The molecule has 1 aliphatic carbocycles. The van der Waals surface area contributed by atoms with Crippen LogP contribution in [0.1, 0.15) is 37.9 Å². The average Bonchev–Trinajstić information content (AvgIpc) is 2.64. The minimum Gasteiger partial charge on any atom is -0.293 e. The number of aryl methyl sites for hydroxylation is 1. The summed E-state index contributed by atoms with van der Waals surface area (Å²) in [6, 6.07) is 10.6. The molecule has 3 rings (SSSR count). The maximum absolute atomic E-state index is 12.2. The van der Waals surface area contributed by atoms with Crippen molar-refractivity contribution in [2.45, 2.75) is 12.8 Å². The van der Waals surface area contributed by atoms with Crippen molar-refractivity contribution in [2.75, 3.05) is 0 Å². The van der Waals surface area contributed by atoms with Gasteiger partial charge in [0.15, 0.2) is 11.6 Å². The number of aromatic nitrogens is 1. The van der Waals surface area contributed by atoms with Crippen LogP contribution in [0.4, 0.5) is 0 Å². The Morgan fingerprint density at radius 1 is 0.944 bits per heavy atom. The molecule has 2 aromatic rings. The SMILES string of the molecule is Cc1ccc(C2C(=O)c3ccccc3C2=O)nc1. The van der Waals surface area contributed by atoms with E-state index in [0.29, 0.717) is 16.8 Å². The number of ketones is 2. The third-order valence-corrected chi connectivity index (χ3v) is 3.21. The molecule has 0 bridgehead atoms. The number of pyridine rings is 1. The fourth-order valence-corrected chi connectivity index (χ4v) is 2.26. The Bertz CT molecular complexity index is 609. The Morgan fingerprint density at radius 3 is 2.06 bits per heavy atom. The van der Waals surface area contributed by atoms with E-state index in [2.05, 4.69) is 4.98 Å². The zero-order valence-electron chi connectivity index (χ0n) is 9.88. The predicted molar refractivity (Wildman–Crippen MR) is 66.8 cm³/mol. The standard InChI is InChI=1S/C15H11NO2/c1-9-6-7-12(16-8-9)13-14(17)10-4-2-3-5-11(10)15(13)18/h2-8,13H,1H3. The summed E-state index contributed by atoms with van der Waals surface area (Å²) in [6.45, 7) is 1.92. The van der Waals surface area contributed by atoms with Crippen LogP contribution in [-0.2, 0) is 0 Å². The number of hydrogen-bond donors (Lipinski definition) is 0. The van der Waals surface area contributed by atoms with Gasteiger partial charge in [0.05, 0.1) is 5.69 Å². The van der Waals surface area contributed by atoms with Crippen LogP contribution in [0.5, 0.6) is 0 Å². The highest BCUT2D eigenvalue weighted by atomic mass is 16.2. The van der Waals surface area contributed by atoms with E-state index in [1.807, 2.05) is 13.0 Å². The topological polar surface area (TPSA) is 47.0 Å². The van der Waals surface area contributed by atoms with E-state index in [1.165, 1.54) is 0 Å². The highest BCUT2D eigenvalue weighted by molar-refractivity contribution is 6.29. The first-order valence-corrected chi connectivity index (χ1v) is 5.78. The van der Waals surface area contributed by atoms with E-state index < -0.39 is 5.92 Å². The highest BCUT2D eigenvalue weighted by Crippen LogP contribution is 2.32. The number of carbonyl (C=O) groups is 2. The Balaban J connectivity index is 2.09. The molecule has 0 aliphatic heterocycles. The number of benzene rings is 1. The number of fused-ring (bicyclic) bond motifs is 1. The molecule has 0 N–H and O–H groups in total. The molecular weight excluding hydrogens is 226 g/mol. The lowest BCUT2D eigenvalue weighted by molar-refractivity contribution is 0.0888. The molecule has 0 unspecified atom stereocenters. The van der Waals surface area contributed by atoms with Crippen LogP contribution in [0.3, 0.4) is 0 Å². The fraction of sp³-hybridized carbons (Fsp3) is 0.133. The van der Waals surface area contributed by atoms with Crippen molar-refractivity contribution in [1.29, 1.82) is 0 Å². The van der Waals surface area contributed by atoms with Crippen LogP contribution in [0.2, 0.25) is 0 Å². The third-order valence-electron chi connectivity index (χ3n) is 3.21. The quantitative estimate of drug-likeness (QED) is 0.716. The normalized spacial score (nSPS) is 14.9. The second kappa shape index (κ2) is 3.88. The minimum absolute atomic E-state index is 0.146. The van der Waals surface area contributed by atoms with Gasteiger partial charge >= 0.3 is 0 Å². The first-order chi connectivity index (χ1) is 8.68. The van der Waals surface area contributed by atoms with Crippen LogP contribution < -0.4 is 0 Å². The molecule has 18 heavy (non-hydrogen) atoms. The molecule has 1 aliphatic rings. The number of Topliss-reactive ketones (excluding diaryl/α,β-unsaturated/α-hetero) is 2. The van der Waals surface area contributed by atoms with Crippen LogP contribution >= 0.6 is 0 Å². The highest BCUT2D eigenvalue weighted by Gasteiger charge is 2.39. The van der Waals surface area contributed by atoms with Gasteiger partial charge in [-0.2, -0.15) is 0 Å². The Labute approximate surface area is 104 Å². The molecule has 88 valence electrons. The summed E-state index contributed by atoms with van der Waals surface area (Å²) in [5, 5.41) is 0. The summed E-state index contributed by atoms with van der Waals surface area (Å²) in [5.74, 6) is -1.05. The minimum atomic E-state index is -0.761. The molecule has 3 heteroatoms. The molecule has 0 saturated heterocycles. The second-order valence-corrected chi connectivity index (χ2v) is 4.47. The van der Waals surface area contributed by atoms with Gasteiger partial charge in [0, 0.05) is 17.3 Å². The fourth-order valence-electron chi connectivity index (χ4n) is 2.26. The number of hydrogen-bond acceptors (Lipinski definition) is 3. The Morgan fingerprint density at radius 2 is 1.56 bits per heavy atom. The van der Waals surface area contributed by atoms with Gasteiger partial charge in [-0.05, 0) is 18.6 Å². The van der Waals surface area contributed by atoms with Gasteiger partial charge < -0.3 is 0 Å². The van der Waals surface area contributed by atoms with E-state index >= 15 is 0 Å². The molecule has 0 fully saturated rings. The monoisotopic (exact) mass is 237 g/mol. The number of carbonyl (C=O) groups excluding carboxylic acids is 2. The lowest BCUT2D eigenvalue weighted by Crippen LogP contribution is -2.14. The maximum atomic E-state index is 12.2. The Kier molecular flexibility index (Phi) is 2.33. The van der Waals surface area contributed by atoms with E-state index in [9.17, 15) is 9.59 Å². The average molecular weight is 237 g/mol. The van der Waals surface area contributed by atoms with Gasteiger partial charge in [-0.3, -0.25) is 14.6 Å².